The fourth-order valence-electron chi connectivity index (χ4n) is 1.30. The molecule has 0 aliphatic carbocycles. The van der Waals surface area contributed by atoms with E-state index in [9.17, 15) is 18.0 Å². The summed E-state index contributed by atoms with van der Waals surface area (Å²) >= 11 is 0. The Labute approximate surface area is 79.5 Å². The molecule has 0 saturated heterocycles. The molecule has 0 aromatic heterocycles. The predicted octanol–water partition coefficient (Wildman–Crippen LogP) is 2.76. The van der Waals surface area contributed by atoms with E-state index in [1.54, 1.807) is 0 Å². The molecule has 1 nitrogen and oxygen atoms in total. The van der Waals surface area contributed by atoms with Gasteiger partial charge < -0.3 is 4.79 Å². The zero-order chi connectivity index (χ0) is 10.8. The maximum atomic E-state index is 12.4. The number of carbonyl (C=O) groups is 1. The topological polar surface area (TPSA) is 17.1 Å². The van der Waals surface area contributed by atoms with Gasteiger partial charge in [-0.15, -0.1) is 0 Å². The summed E-state index contributed by atoms with van der Waals surface area (Å²) in [5.41, 5.74) is -0.112. The lowest BCUT2D eigenvalue weighted by molar-refractivity contribution is -0.138. The van der Waals surface area contributed by atoms with E-state index in [1.807, 2.05) is 0 Å². The standard InChI is InChI=1S/C10H9F3O/c1-7-8(5-6-14)3-2-4-9(7)10(11,12)13/h2-4,6H,5H2,1H3. The van der Waals surface area contributed by atoms with Crippen LogP contribution in [0.1, 0.15) is 16.7 Å². The minimum Gasteiger partial charge on any atom is -0.303 e. The molecule has 0 aliphatic rings. The Balaban J connectivity index is 3.20. The molecular weight excluding hydrogens is 193 g/mol. The Kier molecular flexibility index (Phi) is 2.93. The first kappa shape index (κ1) is 10.8. The molecule has 0 spiro atoms. The van der Waals surface area contributed by atoms with Gasteiger partial charge in [0, 0.05) is 6.42 Å². The normalized spacial score (nSPS) is 11.4. The van der Waals surface area contributed by atoms with Gasteiger partial charge in [0.15, 0.2) is 0 Å². The molecule has 4 heteroatoms. The summed E-state index contributed by atoms with van der Waals surface area (Å²) in [6.45, 7) is 1.38. The summed E-state index contributed by atoms with van der Waals surface area (Å²) in [6, 6.07) is 3.86. The van der Waals surface area contributed by atoms with E-state index < -0.39 is 11.7 Å². The maximum Gasteiger partial charge on any atom is 0.416 e. The fraction of sp³-hybridized carbons (Fsp3) is 0.300. The zero-order valence-electron chi connectivity index (χ0n) is 7.56. The Morgan fingerprint density at radius 3 is 2.50 bits per heavy atom. The highest BCUT2D eigenvalue weighted by Crippen LogP contribution is 2.32. The molecule has 0 saturated carbocycles. The number of aldehydes is 1. The van der Waals surface area contributed by atoms with Gasteiger partial charge in [0.25, 0.3) is 0 Å². The second-order valence-corrected chi connectivity index (χ2v) is 2.96. The smallest absolute Gasteiger partial charge is 0.303 e. The van der Waals surface area contributed by atoms with Gasteiger partial charge in [-0.25, -0.2) is 0 Å². The Morgan fingerprint density at radius 1 is 1.36 bits per heavy atom. The highest BCUT2D eigenvalue weighted by molar-refractivity contribution is 5.57. The molecular formula is C10H9F3O. The van der Waals surface area contributed by atoms with Crippen LogP contribution in [0.4, 0.5) is 13.2 Å². The van der Waals surface area contributed by atoms with Crippen molar-refractivity contribution in [3.63, 3.8) is 0 Å². The number of carbonyl (C=O) groups excluding carboxylic acids is 1. The van der Waals surface area contributed by atoms with Crippen molar-refractivity contribution in [3.05, 3.63) is 34.9 Å². The molecule has 0 aliphatic heterocycles. The van der Waals surface area contributed by atoms with E-state index in [0.29, 0.717) is 11.8 Å². The fourth-order valence-corrected chi connectivity index (χ4v) is 1.30. The van der Waals surface area contributed by atoms with Gasteiger partial charge in [-0.05, 0) is 24.1 Å². The third-order valence-electron chi connectivity index (χ3n) is 2.05. The number of rotatable bonds is 2. The van der Waals surface area contributed by atoms with Crippen molar-refractivity contribution in [1.82, 2.24) is 0 Å². The minimum atomic E-state index is -4.34. The molecule has 0 bridgehead atoms. The number of benzene rings is 1. The quantitative estimate of drug-likeness (QED) is 0.674. The largest absolute Gasteiger partial charge is 0.416 e. The lowest BCUT2D eigenvalue weighted by Crippen LogP contribution is -2.09. The third kappa shape index (κ3) is 2.13. The van der Waals surface area contributed by atoms with Crippen molar-refractivity contribution >= 4 is 6.29 Å². The highest BCUT2D eigenvalue weighted by atomic mass is 19.4. The molecule has 0 heterocycles. The van der Waals surface area contributed by atoms with E-state index in [2.05, 4.69) is 0 Å². The van der Waals surface area contributed by atoms with Gasteiger partial charge in [0.1, 0.15) is 6.29 Å². The van der Waals surface area contributed by atoms with Crippen molar-refractivity contribution < 1.29 is 18.0 Å². The number of hydrogen-bond donors (Lipinski definition) is 0. The second-order valence-electron chi connectivity index (χ2n) is 2.96. The molecule has 1 rings (SSSR count). The van der Waals surface area contributed by atoms with Gasteiger partial charge in [0.2, 0.25) is 0 Å². The van der Waals surface area contributed by atoms with E-state index in [0.717, 1.165) is 6.07 Å². The van der Waals surface area contributed by atoms with E-state index in [1.165, 1.54) is 19.1 Å². The lowest BCUT2D eigenvalue weighted by atomic mass is 10.0. The van der Waals surface area contributed by atoms with Crippen LogP contribution < -0.4 is 0 Å². The van der Waals surface area contributed by atoms with Crippen LogP contribution >= 0.6 is 0 Å². The molecule has 0 fully saturated rings. The van der Waals surface area contributed by atoms with Crippen LogP contribution in [0.15, 0.2) is 18.2 Å². The Bertz CT molecular complexity index is 342. The first-order chi connectivity index (χ1) is 6.46. The monoisotopic (exact) mass is 202 g/mol. The molecule has 0 radical (unpaired) electrons. The van der Waals surface area contributed by atoms with Crippen LogP contribution in [0.3, 0.4) is 0 Å². The Hall–Kier alpha value is -1.32. The van der Waals surface area contributed by atoms with E-state index in [4.69, 9.17) is 0 Å². The number of hydrogen-bond acceptors (Lipinski definition) is 1. The van der Waals surface area contributed by atoms with Crippen LogP contribution in [0.5, 0.6) is 0 Å². The summed E-state index contributed by atoms with van der Waals surface area (Å²) in [7, 11) is 0. The molecule has 0 N–H and O–H groups in total. The summed E-state index contributed by atoms with van der Waals surface area (Å²) in [5, 5.41) is 0. The summed E-state index contributed by atoms with van der Waals surface area (Å²) in [5.74, 6) is 0. The average molecular weight is 202 g/mol. The molecule has 1 aromatic carbocycles. The zero-order valence-corrected chi connectivity index (χ0v) is 7.56. The third-order valence-corrected chi connectivity index (χ3v) is 2.05. The molecule has 14 heavy (non-hydrogen) atoms. The van der Waals surface area contributed by atoms with Crippen LogP contribution in [0, 0.1) is 6.92 Å². The molecule has 0 unspecified atom stereocenters. The van der Waals surface area contributed by atoms with Gasteiger partial charge in [-0.3, -0.25) is 0 Å². The van der Waals surface area contributed by atoms with Gasteiger partial charge in [-0.1, -0.05) is 12.1 Å². The Morgan fingerprint density at radius 2 is 2.00 bits per heavy atom. The summed E-state index contributed by atoms with van der Waals surface area (Å²) in [6.07, 6.45) is -3.72. The first-order valence-electron chi connectivity index (χ1n) is 4.06. The van der Waals surface area contributed by atoms with Crippen molar-refractivity contribution in [2.45, 2.75) is 19.5 Å². The van der Waals surface area contributed by atoms with E-state index >= 15 is 0 Å². The van der Waals surface area contributed by atoms with Crippen LogP contribution in [-0.4, -0.2) is 6.29 Å². The molecule has 1 aromatic rings. The van der Waals surface area contributed by atoms with Crippen LogP contribution in [0.25, 0.3) is 0 Å². The van der Waals surface area contributed by atoms with Gasteiger partial charge in [0.05, 0.1) is 5.56 Å². The van der Waals surface area contributed by atoms with Crippen LogP contribution in [0.2, 0.25) is 0 Å². The summed E-state index contributed by atoms with van der Waals surface area (Å²) < 4.78 is 37.1. The van der Waals surface area contributed by atoms with Gasteiger partial charge >= 0.3 is 6.18 Å². The van der Waals surface area contributed by atoms with Crippen molar-refractivity contribution in [3.8, 4) is 0 Å². The predicted molar refractivity (Wildman–Crippen MR) is 45.9 cm³/mol. The second kappa shape index (κ2) is 3.82. The first-order valence-corrected chi connectivity index (χ1v) is 4.06. The maximum absolute atomic E-state index is 12.4. The summed E-state index contributed by atoms with van der Waals surface area (Å²) in [4.78, 5) is 10.2. The van der Waals surface area contributed by atoms with Crippen LogP contribution in [-0.2, 0) is 17.4 Å². The molecule has 0 atom stereocenters. The minimum absolute atomic E-state index is 0.0236. The average Bonchev–Trinajstić information content (AvgIpc) is 2.07. The number of halogens is 3. The van der Waals surface area contributed by atoms with Crippen molar-refractivity contribution in [2.75, 3.05) is 0 Å². The highest BCUT2D eigenvalue weighted by Gasteiger charge is 2.32. The number of alkyl halides is 3. The van der Waals surface area contributed by atoms with Crippen molar-refractivity contribution in [1.29, 1.82) is 0 Å². The van der Waals surface area contributed by atoms with Gasteiger partial charge in [-0.2, -0.15) is 13.2 Å². The van der Waals surface area contributed by atoms with E-state index in [-0.39, 0.29) is 12.0 Å². The molecule has 76 valence electrons. The lowest BCUT2D eigenvalue weighted by Gasteiger charge is -2.12. The SMILES string of the molecule is Cc1c(CC=O)cccc1C(F)(F)F. The van der Waals surface area contributed by atoms with Crippen molar-refractivity contribution in [2.24, 2.45) is 0 Å². The molecule has 0 amide bonds.